The molecule has 2 nitrogen and oxygen atoms in total. The van der Waals surface area contributed by atoms with E-state index < -0.39 is 0 Å². The highest BCUT2D eigenvalue weighted by Crippen LogP contribution is 2.22. The fraction of sp³-hybridized carbons (Fsp3) is 0.500. The van der Waals surface area contributed by atoms with Crippen LogP contribution < -0.4 is 5.32 Å². The summed E-state index contributed by atoms with van der Waals surface area (Å²) in [4.78, 5) is 0. The first-order valence-electron chi connectivity index (χ1n) is 5.17. The van der Waals surface area contributed by atoms with Crippen molar-refractivity contribution >= 4 is 5.69 Å². The van der Waals surface area contributed by atoms with E-state index in [2.05, 4.69) is 37.4 Å². The molecule has 2 heteroatoms. The molecule has 14 heavy (non-hydrogen) atoms. The van der Waals surface area contributed by atoms with E-state index in [0.717, 1.165) is 12.8 Å². The molecule has 0 saturated carbocycles. The summed E-state index contributed by atoms with van der Waals surface area (Å²) in [5.41, 5.74) is 3.97. The molecule has 0 amide bonds. The number of aryl methyl sites for hydroxylation is 2. The summed E-state index contributed by atoms with van der Waals surface area (Å²) in [5, 5.41) is 3.31. The minimum absolute atomic E-state index is 0.573. The Morgan fingerprint density at radius 2 is 1.71 bits per heavy atom. The number of methoxy groups -OCH3 is 1. The Morgan fingerprint density at radius 1 is 1.14 bits per heavy atom. The standard InChI is InChI=1S/C12H19NO/c1-4-10-7-6-8-11(5-2)12(10)13-9-14-3/h6-8,13H,4-5,9H2,1-3H3. The average molecular weight is 193 g/mol. The SMILES string of the molecule is CCc1cccc(CC)c1NCOC. The summed E-state index contributed by atoms with van der Waals surface area (Å²) in [6.07, 6.45) is 2.11. The molecule has 0 atom stereocenters. The van der Waals surface area contributed by atoms with Crippen LogP contribution in [0.15, 0.2) is 18.2 Å². The molecule has 1 rings (SSSR count). The molecular formula is C12H19NO. The highest BCUT2D eigenvalue weighted by molar-refractivity contribution is 5.57. The lowest BCUT2D eigenvalue weighted by Crippen LogP contribution is -2.07. The van der Waals surface area contributed by atoms with Gasteiger partial charge in [0, 0.05) is 12.8 Å². The van der Waals surface area contributed by atoms with E-state index >= 15 is 0 Å². The number of nitrogens with one attached hydrogen (secondary N) is 1. The maximum Gasteiger partial charge on any atom is 0.116 e. The Kier molecular flexibility index (Phi) is 4.47. The minimum atomic E-state index is 0.573. The number of hydrogen-bond acceptors (Lipinski definition) is 2. The van der Waals surface area contributed by atoms with Crippen LogP contribution in [0.1, 0.15) is 25.0 Å². The van der Waals surface area contributed by atoms with Gasteiger partial charge in [-0.1, -0.05) is 32.0 Å². The van der Waals surface area contributed by atoms with Crippen LogP contribution in [0.4, 0.5) is 5.69 Å². The third kappa shape index (κ3) is 2.48. The lowest BCUT2D eigenvalue weighted by molar-refractivity contribution is 0.221. The first-order chi connectivity index (χ1) is 6.83. The molecule has 0 heterocycles. The maximum atomic E-state index is 5.03. The molecule has 0 aliphatic carbocycles. The molecule has 0 spiro atoms. The van der Waals surface area contributed by atoms with Gasteiger partial charge < -0.3 is 10.1 Å². The van der Waals surface area contributed by atoms with Gasteiger partial charge in [-0.15, -0.1) is 0 Å². The summed E-state index contributed by atoms with van der Waals surface area (Å²) in [5.74, 6) is 0. The van der Waals surface area contributed by atoms with E-state index in [1.54, 1.807) is 7.11 Å². The van der Waals surface area contributed by atoms with Crippen molar-refractivity contribution in [2.24, 2.45) is 0 Å². The predicted molar refractivity (Wildman–Crippen MR) is 60.7 cm³/mol. The Morgan fingerprint density at radius 3 is 2.14 bits per heavy atom. The van der Waals surface area contributed by atoms with Crippen LogP contribution in [-0.2, 0) is 17.6 Å². The van der Waals surface area contributed by atoms with Gasteiger partial charge in [-0.2, -0.15) is 0 Å². The van der Waals surface area contributed by atoms with Crippen molar-refractivity contribution in [1.29, 1.82) is 0 Å². The fourth-order valence-corrected chi connectivity index (χ4v) is 1.61. The molecule has 0 aromatic heterocycles. The molecule has 0 saturated heterocycles. The van der Waals surface area contributed by atoms with Gasteiger partial charge in [0.15, 0.2) is 0 Å². The number of para-hydroxylation sites is 1. The first-order valence-corrected chi connectivity index (χ1v) is 5.17. The van der Waals surface area contributed by atoms with Crippen LogP contribution in [0.25, 0.3) is 0 Å². The second-order valence-electron chi connectivity index (χ2n) is 3.27. The van der Waals surface area contributed by atoms with Crippen molar-refractivity contribution in [3.05, 3.63) is 29.3 Å². The van der Waals surface area contributed by atoms with Crippen molar-refractivity contribution in [3.8, 4) is 0 Å². The number of benzene rings is 1. The van der Waals surface area contributed by atoms with Gasteiger partial charge in [0.2, 0.25) is 0 Å². The molecule has 0 fully saturated rings. The largest absolute Gasteiger partial charge is 0.365 e. The predicted octanol–water partition coefficient (Wildman–Crippen LogP) is 2.83. The minimum Gasteiger partial charge on any atom is -0.365 e. The molecule has 0 radical (unpaired) electrons. The summed E-state index contributed by atoms with van der Waals surface area (Å²) < 4.78 is 5.03. The van der Waals surface area contributed by atoms with E-state index in [1.165, 1.54) is 16.8 Å². The van der Waals surface area contributed by atoms with E-state index in [0.29, 0.717) is 6.73 Å². The van der Waals surface area contributed by atoms with Gasteiger partial charge in [-0.3, -0.25) is 0 Å². The molecule has 1 aromatic carbocycles. The van der Waals surface area contributed by atoms with Crippen molar-refractivity contribution in [2.45, 2.75) is 26.7 Å². The smallest absolute Gasteiger partial charge is 0.116 e. The third-order valence-corrected chi connectivity index (χ3v) is 2.39. The quantitative estimate of drug-likeness (QED) is 0.726. The van der Waals surface area contributed by atoms with Gasteiger partial charge in [0.05, 0.1) is 0 Å². The van der Waals surface area contributed by atoms with Crippen LogP contribution in [0.2, 0.25) is 0 Å². The molecular weight excluding hydrogens is 174 g/mol. The van der Waals surface area contributed by atoms with E-state index in [1.807, 2.05) is 0 Å². The summed E-state index contributed by atoms with van der Waals surface area (Å²) in [7, 11) is 1.70. The van der Waals surface area contributed by atoms with Crippen molar-refractivity contribution in [1.82, 2.24) is 0 Å². The van der Waals surface area contributed by atoms with Crippen LogP contribution in [-0.4, -0.2) is 13.8 Å². The fourth-order valence-electron chi connectivity index (χ4n) is 1.61. The summed E-state index contributed by atoms with van der Waals surface area (Å²) in [6, 6.07) is 6.45. The van der Waals surface area contributed by atoms with E-state index in [9.17, 15) is 0 Å². The molecule has 78 valence electrons. The number of hydrogen-bond donors (Lipinski definition) is 1. The van der Waals surface area contributed by atoms with Crippen LogP contribution in [0.3, 0.4) is 0 Å². The number of rotatable bonds is 5. The van der Waals surface area contributed by atoms with E-state index in [-0.39, 0.29) is 0 Å². The van der Waals surface area contributed by atoms with Gasteiger partial charge in [0.25, 0.3) is 0 Å². The molecule has 0 aliphatic rings. The maximum absolute atomic E-state index is 5.03. The summed E-state index contributed by atoms with van der Waals surface area (Å²) >= 11 is 0. The molecule has 1 aromatic rings. The molecule has 1 N–H and O–H groups in total. The number of anilines is 1. The van der Waals surface area contributed by atoms with Gasteiger partial charge in [-0.25, -0.2) is 0 Å². The second-order valence-corrected chi connectivity index (χ2v) is 3.27. The molecule has 0 bridgehead atoms. The van der Waals surface area contributed by atoms with Crippen molar-refractivity contribution in [2.75, 3.05) is 19.2 Å². The van der Waals surface area contributed by atoms with Crippen LogP contribution in [0, 0.1) is 0 Å². The van der Waals surface area contributed by atoms with E-state index in [4.69, 9.17) is 4.74 Å². The molecule has 0 unspecified atom stereocenters. The second kappa shape index (κ2) is 5.66. The highest BCUT2D eigenvalue weighted by Gasteiger charge is 2.04. The third-order valence-electron chi connectivity index (χ3n) is 2.39. The lowest BCUT2D eigenvalue weighted by Gasteiger charge is -2.14. The molecule has 0 aliphatic heterocycles. The topological polar surface area (TPSA) is 21.3 Å². The van der Waals surface area contributed by atoms with Gasteiger partial charge in [0.1, 0.15) is 6.73 Å². The Hall–Kier alpha value is -1.02. The Bertz CT molecular complexity index is 261. The van der Waals surface area contributed by atoms with Crippen molar-refractivity contribution < 1.29 is 4.74 Å². The lowest BCUT2D eigenvalue weighted by atomic mass is 10.0. The zero-order valence-electron chi connectivity index (χ0n) is 9.26. The summed E-state index contributed by atoms with van der Waals surface area (Å²) in [6.45, 7) is 4.92. The Balaban J connectivity index is 2.93. The van der Waals surface area contributed by atoms with Gasteiger partial charge >= 0.3 is 0 Å². The highest BCUT2D eigenvalue weighted by atomic mass is 16.5. The van der Waals surface area contributed by atoms with Crippen LogP contribution >= 0.6 is 0 Å². The first kappa shape index (κ1) is 11.1. The average Bonchev–Trinajstić information content (AvgIpc) is 2.25. The van der Waals surface area contributed by atoms with Gasteiger partial charge in [-0.05, 0) is 24.0 Å². The van der Waals surface area contributed by atoms with Crippen LogP contribution in [0.5, 0.6) is 0 Å². The number of ether oxygens (including phenoxy) is 1. The normalized spacial score (nSPS) is 10.2. The monoisotopic (exact) mass is 193 g/mol. The zero-order valence-corrected chi connectivity index (χ0v) is 9.26. The Labute approximate surface area is 86.3 Å². The van der Waals surface area contributed by atoms with Crippen molar-refractivity contribution in [3.63, 3.8) is 0 Å². The zero-order chi connectivity index (χ0) is 10.4.